The third kappa shape index (κ3) is 2.84. The van der Waals surface area contributed by atoms with Crippen LogP contribution in [0.25, 0.3) is 11.1 Å². The molecule has 0 bridgehead atoms. The Morgan fingerprint density at radius 1 is 1.52 bits per heavy atom. The van der Waals surface area contributed by atoms with Crippen LogP contribution in [0.5, 0.6) is 0 Å². The van der Waals surface area contributed by atoms with Gasteiger partial charge in [-0.25, -0.2) is 9.78 Å². The van der Waals surface area contributed by atoms with Crippen LogP contribution in [0.1, 0.15) is 5.69 Å². The van der Waals surface area contributed by atoms with Crippen LogP contribution < -0.4 is 11.1 Å². The molecule has 0 spiro atoms. The van der Waals surface area contributed by atoms with Crippen LogP contribution >= 0.6 is 22.9 Å². The summed E-state index contributed by atoms with van der Waals surface area (Å²) in [5.74, 6) is -0.943. The summed E-state index contributed by atoms with van der Waals surface area (Å²) in [4.78, 5) is 27.9. The minimum atomic E-state index is -0.599. The number of fused-ring (bicyclic) bond motifs is 1. The minimum absolute atomic E-state index is 0.147. The number of aromatic nitrogens is 2. The molecule has 1 aromatic carbocycles. The molecular formula is C13H10ClN3O3S. The van der Waals surface area contributed by atoms with E-state index in [4.69, 9.17) is 16.0 Å². The van der Waals surface area contributed by atoms with E-state index >= 15 is 0 Å². The average molecular weight is 324 g/mol. The quantitative estimate of drug-likeness (QED) is 0.804. The number of halogens is 1. The normalized spacial score (nSPS) is 11.0. The molecule has 0 aliphatic carbocycles. The van der Waals surface area contributed by atoms with E-state index in [0.717, 1.165) is 5.69 Å². The van der Waals surface area contributed by atoms with Gasteiger partial charge < -0.3 is 9.73 Å². The minimum Gasteiger partial charge on any atom is -0.408 e. The van der Waals surface area contributed by atoms with E-state index < -0.39 is 5.76 Å². The van der Waals surface area contributed by atoms with E-state index in [1.807, 2.05) is 12.3 Å². The van der Waals surface area contributed by atoms with Gasteiger partial charge in [-0.3, -0.25) is 9.36 Å². The highest BCUT2D eigenvalue weighted by Gasteiger charge is 2.14. The Bertz CT molecular complexity index is 880. The number of carbonyl (C=O) groups is 1. The molecule has 6 nitrogen and oxygen atoms in total. The van der Waals surface area contributed by atoms with Crippen LogP contribution in [0.2, 0.25) is 5.02 Å². The van der Waals surface area contributed by atoms with Gasteiger partial charge in [-0.1, -0.05) is 11.6 Å². The molecular weight excluding hydrogens is 314 g/mol. The van der Waals surface area contributed by atoms with Crippen molar-refractivity contribution in [1.29, 1.82) is 0 Å². The molecule has 108 valence electrons. The lowest BCUT2D eigenvalue weighted by Crippen LogP contribution is -2.24. The second kappa shape index (κ2) is 5.34. The molecule has 8 heteroatoms. The second-order valence-corrected chi connectivity index (χ2v) is 5.70. The van der Waals surface area contributed by atoms with Crippen LogP contribution in [-0.2, 0) is 11.3 Å². The van der Waals surface area contributed by atoms with Crippen molar-refractivity contribution < 1.29 is 9.21 Å². The molecule has 0 unspecified atom stereocenters. The maximum atomic E-state index is 12.0. The lowest BCUT2D eigenvalue weighted by atomic mass is 10.3. The maximum Gasteiger partial charge on any atom is 0.420 e. The Labute approximate surface area is 128 Å². The molecule has 0 fully saturated rings. The van der Waals surface area contributed by atoms with Crippen molar-refractivity contribution in [2.75, 3.05) is 5.32 Å². The highest BCUT2D eigenvalue weighted by molar-refractivity contribution is 7.13. The van der Waals surface area contributed by atoms with Crippen LogP contribution in [-0.4, -0.2) is 15.5 Å². The van der Waals surface area contributed by atoms with Gasteiger partial charge in [-0.15, -0.1) is 11.3 Å². The fraction of sp³-hybridized carbons (Fsp3) is 0.154. The molecule has 2 heterocycles. The topological polar surface area (TPSA) is 77.1 Å². The van der Waals surface area contributed by atoms with Gasteiger partial charge in [0.15, 0.2) is 10.7 Å². The van der Waals surface area contributed by atoms with Gasteiger partial charge in [0.2, 0.25) is 5.91 Å². The molecule has 0 saturated heterocycles. The Morgan fingerprint density at radius 2 is 2.33 bits per heavy atom. The SMILES string of the molecule is Cc1csc(NC(=O)Cn2c(=O)oc3cc(Cl)ccc32)n1. The number of thiazole rings is 1. The van der Waals surface area contributed by atoms with E-state index in [2.05, 4.69) is 10.3 Å². The molecule has 1 N–H and O–H groups in total. The van der Waals surface area contributed by atoms with Gasteiger partial charge in [0.1, 0.15) is 6.54 Å². The summed E-state index contributed by atoms with van der Waals surface area (Å²) in [6.45, 7) is 1.69. The Morgan fingerprint density at radius 3 is 3.05 bits per heavy atom. The Balaban J connectivity index is 1.86. The summed E-state index contributed by atoms with van der Waals surface area (Å²) in [7, 11) is 0. The molecule has 3 rings (SSSR count). The lowest BCUT2D eigenvalue weighted by Gasteiger charge is -2.02. The zero-order valence-corrected chi connectivity index (χ0v) is 12.5. The summed E-state index contributed by atoms with van der Waals surface area (Å²) in [5, 5.41) is 5.44. The van der Waals surface area contributed by atoms with E-state index in [1.54, 1.807) is 12.1 Å². The smallest absolute Gasteiger partial charge is 0.408 e. The van der Waals surface area contributed by atoms with E-state index in [9.17, 15) is 9.59 Å². The number of oxazole rings is 1. The first-order valence-corrected chi connectivity index (χ1v) is 7.29. The van der Waals surface area contributed by atoms with E-state index in [0.29, 0.717) is 21.3 Å². The van der Waals surface area contributed by atoms with E-state index in [1.165, 1.54) is 22.0 Å². The largest absolute Gasteiger partial charge is 0.420 e. The Kier molecular flexibility index (Phi) is 3.52. The number of rotatable bonds is 3. The molecule has 3 aromatic rings. The van der Waals surface area contributed by atoms with Gasteiger partial charge in [-0.2, -0.15) is 0 Å². The number of anilines is 1. The second-order valence-electron chi connectivity index (χ2n) is 4.41. The zero-order valence-electron chi connectivity index (χ0n) is 10.9. The molecule has 1 amide bonds. The van der Waals surface area contributed by atoms with Crippen molar-refractivity contribution in [2.24, 2.45) is 0 Å². The van der Waals surface area contributed by atoms with Crippen molar-refractivity contribution >= 4 is 45.1 Å². The molecule has 0 radical (unpaired) electrons. The number of hydrogen-bond donors (Lipinski definition) is 1. The third-order valence-electron chi connectivity index (χ3n) is 2.80. The lowest BCUT2D eigenvalue weighted by molar-refractivity contribution is -0.116. The van der Waals surface area contributed by atoms with Gasteiger partial charge >= 0.3 is 5.76 Å². The number of nitrogens with one attached hydrogen (secondary N) is 1. The number of benzene rings is 1. The number of hydrogen-bond acceptors (Lipinski definition) is 5. The first kappa shape index (κ1) is 13.8. The summed E-state index contributed by atoms with van der Waals surface area (Å²) >= 11 is 7.17. The molecule has 0 aliphatic rings. The van der Waals surface area contributed by atoms with Crippen molar-refractivity contribution in [3.8, 4) is 0 Å². The highest BCUT2D eigenvalue weighted by atomic mass is 35.5. The predicted octanol–water partition coefficient (Wildman–Crippen LogP) is 2.65. The fourth-order valence-corrected chi connectivity index (χ4v) is 2.77. The number of amides is 1. The number of carbonyl (C=O) groups excluding carboxylic acids is 1. The predicted molar refractivity (Wildman–Crippen MR) is 81.0 cm³/mol. The first-order valence-electron chi connectivity index (χ1n) is 6.04. The van der Waals surface area contributed by atoms with Gasteiger partial charge in [-0.05, 0) is 19.1 Å². The summed E-state index contributed by atoms with van der Waals surface area (Å²) in [6.07, 6.45) is 0. The number of nitrogens with zero attached hydrogens (tertiary/aromatic N) is 2. The maximum absolute atomic E-state index is 12.0. The van der Waals surface area contributed by atoms with Gasteiger partial charge in [0.25, 0.3) is 0 Å². The summed E-state index contributed by atoms with van der Waals surface area (Å²) < 4.78 is 6.32. The van der Waals surface area contributed by atoms with Crippen molar-refractivity contribution in [3.63, 3.8) is 0 Å². The standard InChI is InChI=1S/C13H10ClN3O3S/c1-7-6-21-12(15-7)16-11(18)5-17-9-3-2-8(14)4-10(9)20-13(17)19/h2-4,6H,5H2,1H3,(H,15,16,18). The monoisotopic (exact) mass is 323 g/mol. The van der Waals surface area contributed by atoms with Crippen molar-refractivity contribution in [1.82, 2.24) is 9.55 Å². The van der Waals surface area contributed by atoms with Gasteiger partial charge in [0, 0.05) is 16.5 Å². The molecule has 0 saturated carbocycles. The van der Waals surface area contributed by atoms with Crippen LogP contribution in [0, 0.1) is 6.92 Å². The van der Waals surface area contributed by atoms with Crippen LogP contribution in [0.3, 0.4) is 0 Å². The molecule has 0 atom stereocenters. The fourth-order valence-electron chi connectivity index (χ4n) is 1.90. The first-order chi connectivity index (χ1) is 10.0. The van der Waals surface area contributed by atoms with Gasteiger partial charge in [0.05, 0.1) is 11.2 Å². The molecule has 0 aliphatic heterocycles. The molecule has 21 heavy (non-hydrogen) atoms. The molecule has 2 aromatic heterocycles. The van der Waals surface area contributed by atoms with Crippen molar-refractivity contribution in [3.05, 3.63) is 44.8 Å². The number of aryl methyl sites for hydroxylation is 1. The average Bonchev–Trinajstić information content (AvgIpc) is 2.94. The zero-order chi connectivity index (χ0) is 15.0. The Hall–Kier alpha value is -2.12. The van der Waals surface area contributed by atoms with Crippen molar-refractivity contribution in [2.45, 2.75) is 13.5 Å². The van der Waals surface area contributed by atoms with E-state index in [-0.39, 0.29) is 12.5 Å². The van der Waals surface area contributed by atoms with Crippen LogP contribution in [0.4, 0.5) is 5.13 Å². The highest BCUT2D eigenvalue weighted by Crippen LogP contribution is 2.19. The third-order valence-corrected chi connectivity index (χ3v) is 3.91. The summed E-state index contributed by atoms with van der Waals surface area (Å²) in [5.41, 5.74) is 1.70. The summed E-state index contributed by atoms with van der Waals surface area (Å²) in [6, 6.07) is 4.82. The van der Waals surface area contributed by atoms with Crippen LogP contribution in [0.15, 0.2) is 32.8 Å².